The van der Waals surface area contributed by atoms with Crippen LogP contribution < -0.4 is 10.5 Å². The number of nitrogens with zero attached hydrogens (tertiary/aromatic N) is 4. The number of aromatic nitrogens is 4. The van der Waals surface area contributed by atoms with E-state index in [1.54, 1.807) is 18.0 Å². The molecule has 0 unspecified atom stereocenters. The number of pyridine rings is 1. The van der Waals surface area contributed by atoms with Gasteiger partial charge >= 0.3 is 0 Å². The van der Waals surface area contributed by atoms with Gasteiger partial charge in [0.15, 0.2) is 0 Å². The van der Waals surface area contributed by atoms with Crippen molar-refractivity contribution in [1.29, 1.82) is 0 Å². The lowest BCUT2D eigenvalue weighted by Crippen LogP contribution is -2.00. The van der Waals surface area contributed by atoms with E-state index in [1.165, 1.54) is 0 Å². The minimum Gasteiger partial charge on any atom is -0.497 e. The number of anilines is 1. The molecule has 0 atom stereocenters. The van der Waals surface area contributed by atoms with Crippen LogP contribution in [0.25, 0.3) is 11.3 Å². The smallest absolute Gasteiger partial charge is 0.132 e. The number of rotatable bonds is 4. The fourth-order valence-corrected chi connectivity index (χ4v) is 2.05. The van der Waals surface area contributed by atoms with Gasteiger partial charge in [0.05, 0.1) is 19.9 Å². The third-order valence-electron chi connectivity index (χ3n) is 3.16. The molecule has 0 bridgehead atoms. The average molecular weight is 281 g/mol. The molecule has 1 aromatic carbocycles. The van der Waals surface area contributed by atoms with E-state index in [9.17, 15) is 0 Å². The van der Waals surface area contributed by atoms with E-state index in [0.717, 1.165) is 16.9 Å². The summed E-state index contributed by atoms with van der Waals surface area (Å²) in [6.07, 6.45) is 3.51. The largest absolute Gasteiger partial charge is 0.497 e. The van der Waals surface area contributed by atoms with Crippen molar-refractivity contribution in [1.82, 2.24) is 20.0 Å². The van der Waals surface area contributed by atoms with Crippen molar-refractivity contribution < 1.29 is 4.74 Å². The van der Waals surface area contributed by atoms with Gasteiger partial charge in [0.2, 0.25) is 0 Å². The maximum atomic E-state index is 5.84. The van der Waals surface area contributed by atoms with E-state index in [2.05, 4.69) is 15.3 Å². The monoisotopic (exact) mass is 281 g/mol. The van der Waals surface area contributed by atoms with Crippen LogP contribution in [-0.2, 0) is 6.54 Å². The van der Waals surface area contributed by atoms with E-state index in [4.69, 9.17) is 10.5 Å². The molecule has 2 N–H and O–H groups in total. The molecule has 0 saturated heterocycles. The number of nitrogen functional groups attached to an aromatic ring is 1. The van der Waals surface area contributed by atoms with E-state index in [0.29, 0.717) is 18.1 Å². The minimum atomic E-state index is 0.453. The lowest BCUT2D eigenvalue weighted by Gasteiger charge is -2.03. The van der Waals surface area contributed by atoms with Crippen molar-refractivity contribution in [3.05, 3.63) is 54.4 Å². The first kappa shape index (κ1) is 13.1. The molecule has 0 amide bonds. The molecule has 106 valence electrons. The van der Waals surface area contributed by atoms with Gasteiger partial charge in [-0.1, -0.05) is 17.3 Å². The Balaban J connectivity index is 1.80. The Morgan fingerprint density at radius 3 is 2.71 bits per heavy atom. The van der Waals surface area contributed by atoms with E-state index < -0.39 is 0 Å². The predicted molar refractivity (Wildman–Crippen MR) is 79.8 cm³/mol. The summed E-state index contributed by atoms with van der Waals surface area (Å²) >= 11 is 0. The van der Waals surface area contributed by atoms with Crippen LogP contribution in [0.4, 0.5) is 5.82 Å². The Morgan fingerprint density at radius 2 is 2.00 bits per heavy atom. The minimum absolute atomic E-state index is 0.453. The maximum Gasteiger partial charge on any atom is 0.132 e. The van der Waals surface area contributed by atoms with E-state index >= 15 is 0 Å². The van der Waals surface area contributed by atoms with Crippen molar-refractivity contribution in [2.75, 3.05) is 12.8 Å². The van der Waals surface area contributed by atoms with Crippen LogP contribution in [0.5, 0.6) is 5.75 Å². The highest BCUT2D eigenvalue weighted by atomic mass is 16.5. The molecule has 0 aliphatic carbocycles. The van der Waals surface area contributed by atoms with Crippen LogP contribution in [-0.4, -0.2) is 27.1 Å². The Kier molecular flexibility index (Phi) is 3.51. The molecular formula is C15H15N5O. The van der Waals surface area contributed by atoms with Crippen LogP contribution in [0.15, 0.2) is 48.8 Å². The Labute approximate surface area is 122 Å². The van der Waals surface area contributed by atoms with Gasteiger partial charge in [-0.25, -0.2) is 9.67 Å². The molecule has 0 aliphatic rings. The molecule has 0 saturated carbocycles. The third kappa shape index (κ3) is 2.84. The second-order valence-electron chi connectivity index (χ2n) is 4.59. The van der Waals surface area contributed by atoms with Crippen molar-refractivity contribution >= 4 is 5.82 Å². The van der Waals surface area contributed by atoms with Crippen LogP contribution >= 0.6 is 0 Å². The first-order chi connectivity index (χ1) is 10.3. The predicted octanol–water partition coefficient (Wildman–Crippen LogP) is 1.98. The summed E-state index contributed by atoms with van der Waals surface area (Å²) in [5, 5.41) is 8.27. The van der Waals surface area contributed by atoms with E-state index in [-0.39, 0.29) is 0 Å². The van der Waals surface area contributed by atoms with Crippen molar-refractivity contribution in [2.45, 2.75) is 6.54 Å². The fourth-order valence-electron chi connectivity index (χ4n) is 2.05. The van der Waals surface area contributed by atoms with Crippen LogP contribution in [0.1, 0.15) is 5.56 Å². The first-order valence-electron chi connectivity index (χ1n) is 6.50. The quantitative estimate of drug-likeness (QED) is 0.791. The summed E-state index contributed by atoms with van der Waals surface area (Å²) in [6, 6.07) is 11.5. The van der Waals surface area contributed by atoms with Gasteiger partial charge in [-0.2, -0.15) is 0 Å². The topological polar surface area (TPSA) is 78.9 Å². The second-order valence-corrected chi connectivity index (χ2v) is 4.59. The van der Waals surface area contributed by atoms with Crippen molar-refractivity contribution in [3.63, 3.8) is 0 Å². The highest BCUT2D eigenvalue weighted by Gasteiger charge is 2.08. The Morgan fingerprint density at radius 1 is 1.19 bits per heavy atom. The maximum absolute atomic E-state index is 5.84. The lowest BCUT2D eigenvalue weighted by molar-refractivity contribution is 0.414. The van der Waals surface area contributed by atoms with Gasteiger partial charge in [0.25, 0.3) is 0 Å². The summed E-state index contributed by atoms with van der Waals surface area (Å²) in [4.78, 5) is 4.05. The van der Waals surface area contributed by atoms with Gasteiger partial charge < -0.3 is 10.5 Å². The molecule has 0 spiro atoms. The second kappa shape index (κ2) is 5.62. The zero-order valence-corrected chi connectivity index (χ0v) is 11.6. The van der Waals surface area contributed by atoms with Crippen molar-refractivity contribution in [3.8, 4) is 17.0 Å². The highest BCUT2D eigenvalue weighted by Crippen LogP contribution is 2.21. The number of hydrogen-bond donors (Lipinski definition) is 1. The summed E-state index contributed by atoms with van der Waals surface area (Å²) in [5.74, 6) is 1.29. The molecule has 3 rings (SSSR count). The normalized spacial score (nSPS) is 10.5. The Hall–Kier alpha value is -2.89. The molecule has 6 nitrogen and oxygen atoms in total. The van der Waals surface area contributed by atoms with Gasteiger partial charge in [-0.3, -0.25) is 0 Å². The van der Waals surface area contributed by atoms with Crippen molar-refractivity contribution in [2.24, 2.45) is 0 Å². The fraction of sp³-hybridized carbons (Fsp3) is 0.133. The van der Waals surface area contributed by atoms with E-state index in [1.807, 2.05) is 42.6 Å². The average Bonchev–Trinajstić information content (AvgIpc) is 2.97. The number of benzene rings is 1. The summed E-state index contributed by atoms with van der Waals surface area (Å²) in [5.41, 5.74) is 8.47. The van der Waals surface area contributed by atoms with Gasteiger partial charge in [0.1, 0.15) is 17.3 Å². The number of hydrogen-bond acceptors (Lipinski definition) is 5. The number of ether oxygens (including phenoxy) is 1. The molecule has 6 heteroatoms. The molecule has 2 aromatic heterocycles. The van der Waals surface area contributed by atoms with Crippen LogP contribution in [0.3, 0.4) is 0 Å². The standard InChI is InChI=1S/C15H15N5O/c1-21-12-6-4-11(5-7-12)9-20-10-14(18-19-20)13-3-2-8-17-15(13)16/h2-8,10H,9H2,1H3,(H2,16,17). The molecule has 0 fully saturated rings. The molecule has 2 heterocycles. The zero-order valence-electron chi connectivity index (χ0n) is 11.6. The Bertz CT molecular complexity index is 736. The molecule has 21 heavy (non-hydrogen) atoms. The zero-order chi connectivity index (χ0) is 14.7. The summed E-state index contributed by atoms with van der Waals surface area (Å²) in [6.45, 7) is 0.636. The first-order valence-corrected chi connectivity index (χ1v) is 6.50. The lowest BCUT2D eigenvalue weighted by atomic mass is 10.2. The highest BCUT2D eigenvalue weighted by molar-refractivity contribution is 5.69. The molecule has 0 radical (unpaired) electrons. The van der Waals surface area contributed by atoms with Gasteiger partial charge in [0, 0.05) is 11.8 Å². The molecule has 0 aliphatic heterocycles. The third-order valence-corrected chi connectivity index (χ3v) is 3.16. The van der Waals surface area contributed by atoms with Crippen LogP contribution in [0.2, 0.25) is 0 Å². The molecule has 3 aromatic rings. The summed E-state index contributed by atoms with van der Waals surface area (Å²) < 4.78 is 6.91. The molecular weight excluding hydrogens is 266 g/mol. The number of nitrogens with two attached hydrogens (primary N) is 1. The summed E-state index contributed by atoms with van der Waals surface area (Å²) in [7, 11) is 1.65. The van der Waals surface area contributed by atoms with Crippen LogP contribution in [0, 0.1) is 0 Å². The van der Waals surface area contributed by atoms with Gasteiger partial charge in [-0.05, 0) is 29.8 Å². The number of methoxy groups -OCH3 is 1. The SMILES string of the molecule is COc1ccc(Cn2cc(-c3cccnc3N)nn2)cc1. The van der Waals surface area contributed by atoms with Gasteiger partial charge in [-0.15, -0.1) is 5.10 Å².